The molecule has 2 aromatic heterocycles. The Morgan fingerprint density at radius 1 is 1.26 bits per heavy atom. The highest BCUT2D eigenvalue weighted by molar-refractivity contribution is 5.04. The molecule has 1 unspecified atom stereocenters. The fraction of sp³-hybridized carbons (Fsp3) is 0.692. The fourth-order valence-electron chi connectivity index (χ4n) is 2.98. The van der Waals surface area contributed by atoms with E-state index in [4.69, 9.17) is 0 Å². The number of rotatable bonds is 3. The van der Waals surface area contributed by atoms with E-state index in [-0.39, 0.29) is 12.1 Å². The van der Waals surface area contributed by atoms with E-state index in [1.165, 1.54) is 10.9 Å². The van der Waals surface area contributed by atoms with Gasteiger partial charge in [0, 0.05) is 26.3 Å². The van der Waals surface area contributed by atoms with E-state index in [9.17, 15) is 13.2 Å². The maximum absolute atomic E-state index is 12.6. The van der Waals surface area contributed by atoms with Crippen molar-refractivity contribution in [2.45, 2.75) is 38.0 Å². The lowest BCUT2D eigenvalue weighted by molar-refractivity contribution is -0.141. The number of likely N-dealkylation sites (tertiary alicyclic amines) is 1. The van der Waals surface area contributed by atoms with Crippen molar-refractivity contribution in [1.82, 2.24) is 34.9 Å². The Morgan fingerprint density at radius 3 is 2.48 bits per heavy atom. The van der Waals surface area contributed by atoms with Gasteiger partial charge >= 0.3 is 6.18 Å². The summed E-state index contributed by atoms with van der Waals surface area (Å²) in [6, 6.07) is 1.09. The van der Waals surface area contributed by atoms with Gasteiger partial charge in [0.2, 0.25) is 0 Å². The Hall–Kier alpha value is -1.97. The first-order valence-corrected chi connectivity index (χ1v) is 7.45. The minimum Gasteiger partial charge on any atom is -0.293 e. The molecule has 23 heavy (non-hydrogen) atoms. The molecule has 0 spiro atoms. The number of nitrogens with zero attached hydrogens (tertiary/aromatic N) is 7. The summed E-state index contributed by atoms with van der Waals surface area (Å²) in [4.78, 5) is 2.23. The molecule has 7 nitrogen and oxygen atoms in total. The van der Waals surface area contributed by atoms with Gasteiger partial charge in [0.15, 0.2) is 11.5 Å². The Kier molecular flexibility index (Phi) is 4.09. The molecule has 1 aliphatic heterocycles. The number of piperidine rings is 1. The number of halogens is 3. The van der Waals surface area contributed by atoms with E-state index in [0.717, 1.165) is 37.8 Å². The number of alkyl halides is 3. The minimum atomic E-state index is -4.39. The van der Waals surface area contributed by atoms with Gasteiger partial charge in [-0.2, -0.15) is 18.3 Å². The molecule has 10 heteroatoms. The zero-order chi connectivity index (χ0) is 16.6. The van der Waals surface area contributed by atoms with Crippen LogP contribution in [0.2, 0.25) is 0 Å². The molecule has 2 aromatic rings. The molecule has 126 valence electrons. The summed E-state index contributed by atoms with van der Waals surface area (Å²) in [5, 5.41) is 15.2. The van der Waals surface area contributed by atoms with E-state index in [1.807, 2.05) is 6.92 Å². The Labute approximate surface area is 131 Å². The predicted octanol–water partition coefficient (Wildman–Crippen LogP) is 1.82. The Morgan fingerprint density at radius 2 is 1.96 bits per heavy atom. The van der Waals surface area contributed by atoms with E-state index in [2.05, 4.69) is 25.5 Å². The molecule has 1 fully saturated rings. The highest BCUT2D eigenvalue weighted by atomic mass is 19.4. The molecule has 0 radical (unpaired) electrons. The number of aryl methyl sites for hydroxylation is 1. The molecule has 0 amide bonds. The fourth-order valence-corrected chi connectivity index (χ4v) is 2.98. The third-order valence-corrected chi connectivity index (χ3v) is 4.35. The van der Waals surface area contributed by atoms with Crippen LogP contribution in [0.5, 0.6) is 0 Å². The second-order valence-corrected chi connectivity index (χ2v) is 5.78. The number of tetrazole rings is 1. The highest BCUT2D eigenvalue weighted by Crippen LogP contribution is 2.31. The average molecular weight is 329 g/mol. The standard InChI is InChI=1S/C13H18F3N7/c1-9(12-17-19-20-21(12)2)22-6-3-10(4-7-22)23-8-5-11(18-23)13(14,15)16/h5,8-10H,3-4,6-7H2,1-2H3. The van der Waals surface area contributed by atoms with Crippen LogP contribution in [-0.2, 0) is 13.2 Å². The molecule has 1 atom stereocenters. The average Bonchev–Trinajstić information content (AvgIpc) is 3.15. The first-order chi connectivity index (χ1) is 10.9. The number of hydrogen-bond acceptors (Lipinski definition) is 5. The normalized spacial score (nSPS) is 19.2. The van der Waals surface area contributed by atoms with Crippen molar-refractivity contribution in [3.05, 3.63) is 23.8 Å². The lowest BCUT2D eigenvalue weighted by Gasteiger charge is -2.35. The zero-order valence-corrected chi connectivity index (χ0v) is 12.9. The topological polar surface area (TPSA) is 64.7 Å². The second kappa shape index (κ2) is 5.91. The van der Waals surface area contributed by atoms with E-state index < -0.39 is 11.9 Å². The van der Waals surface area contributed by atoms with Crippen molar-refractivity contribution in [2.75, 3.05) is 13.1 Å². The van der Waals surface area contributed by atoms with Gasteiger partial charge in [0.25, 0.3) is 0 Å². The third-order valence-electron chi connectivity index (χ3n) is 4.35. The molecular weight excluding hydrogens is 311 g/mol. The predicted molar refractivity (Wildman–Crippen MR) is 74.3 cm³/mol. The molecule has 1 aliphatic rings. The van der Waals surface area contributed by atoms with E-state index >= 15 is 0 Å². The molecule has 0 N–H and O–H groups in total. The molecule has 3 heterocycles. The molecule has 0 saturated carbocycles. The first-order valence-electron chi connectivity index (χ1n) is 7.45. The van der Waals surface area contributed by atoms with Gasteiger partial charge in [0.05, 0.1) is 12.1 Å². The number of aromatic nitrogens is 6. The van der Waals surface area contributed by atoms with Crippen LogP contribution in [0.15, 0.2) is 12.3 Å². The van der Waals surface area contributed by atoms with Crippen molar-refractivity contribution in [1.29, 1.82) is 0 Å². The smallest absolute Gasteiger partial charge is 0.293 e. The highest BCUT2D eigenvalue weighted by Gasteiger charge is 2.34. The lowest BCUT2D eigenvalue weighted by Crippen LogP contribution is -2.37. The Bertz CT molecular complexity index is 655. The van der Waals surface area contributed by atoms with Gasteiger partial charge in [-0.05, 0) is 36.3 Å². The number of hydrogen-bond donors (Lipinski definition) is 0. The van der Waals surface area contributed by atoms with Crippen LogP contribution in [0.3, 0.4) is 0 Å². The van der Waals surface area contributed by atoms with Gasteiger partial charge in [-0.25, -0.2) is 4.68 Å². The summed E-state index contributed by atoms with van der Waals surface area (Å²) in [6.07, 6.45) is -1.49. The van der Waals surface area contributed by atoms with Crippen LogP contribution in [0, 0.1) is 0 Å². The van der Waals surface area contributed by atoms with Gasteiger partial charge in [-0.1, -0.05) is 0 Å². The van der Waals surface area contributed by atoms with Crippen molar-refractivity contribution in [3.63, 3.8) is 0 Å². The molecule has 0 aromatic carbocycles. The molecular formula is C13H18F3N7. The maximum Gasteiger partial charge on any atom is 0.435 e. The molecule has 1 saturated heterocycles. The zero-order valence-electron chi connectivity index (χ0n) is 12.9. The quantitative estimate of drug-likeness (QED) is 0.859. The van der Waals surface area contributed by atoms with Crippen molar-refractivity contribution < 1.29 is 13.2 Å². The summed E-state index contributed by atoms with van der Waals surface area (Å²) in [5.74, 6) is 0.780. The lowest BCUT2D eigenvalue weighted by atomic mass is 10.0. The van der Waals surface area contributed by atoms with Crippen LogP contribution in [0.1, 0.15) is 43.4 Å². The van der Waals surface area contributed by atoms with Crippen LogP contribution < -0.4 is 0 Å². The first kappa shape index (κ1) is 15.9. The summed E-state index contributed by atoms with van der Waals surface area (Å²) in [6.45, 7) is 3.56. The van der Waals surface area contributed by atoms with Crippen LogP contribution in [0.25, 0.3) is 0 Å². The summed E-state index contributed by atoms with van der Waals surface area (Å²) < 4.78 is 41.0. The van der Waals surface area contributed by atoms with Crippen molar-refractivity contribution >= 4 is 0 Å². The largest absolute Gasteiger partial charge is 0.435 e. The van der Waals surface area contributed by atoms with Gasteiger partial charge in [-0.3, -0.25) is 9.58 Å². The molecule has 0 bridgehead atoms. The SMILES string of the molecule is CC(c1nnnn1C)N1CCC(n2ccc(C(F)(F)F)n2)CC1. The van der Waals surface area contributed by atoms with Gasteiger partial charge < -0.3 is 0 Å². The van der Waals surface area contributed by atoms with Gasteiger partial charge in [-0.15, -0.1) is 5.10 Å². The van der Waals surface area contributed by atoms with Crippen LogP contribution in [0.4, 0.5) is 13.2 Å². The van der Waals surface area contributed by atoms with Crippen molar-refractivity contribution in [3.8, 4) is 0 Å². The second-order valence-electron chi connectivity index (χ2n) is 5.78. The van der Waals surface area contributed by atoms with Crippen LogP contribution in [-0.4, -0.2) is 48.0 Å². The molecule has 3 rings (SSSR count). The third kappa shape index (κ3) is 3.21. The molecule has 0 aliphatic carbocycles. The summed E-state index contributed by atoms with van der Waals surface area (Å²) in [7, 11) is 1.79. The van der Waals surface area contributed by atoms with Gasteiger partial charge in [0.1, 0.15) is 0 Å². The maximum atomic E-state index is 12.6. The summed E-state index contributed by atoms with van der Waals surface area (Å²) in [5.41, 5.74) is -0.835. The van der Waals surface area contributed by atoms with E-state index in [0.29, 0.717) is 0 Å². The monoisotopic (exact) mass is 329 g/mol. The van der Waals surface area contributed by atoms with E-state index in [1.54, 1.807) is 11.7 Å². The summed E-state index contributed by atoms with van der Waals surface area (Å²) >= 11 is 0. The van der Waals surface area contributed by atoms with Crippen molar-refractivity contribution in [2.24, 2.45) is 7.05 Å². The minimum absolute atomic E-state index is 0.00725. The van der Waals surface area contributed by atoms with Crippen LogP contribution >= 0.6 is 0 Å². The Balaban J connectivity index is 1.62.